The van der Waals surface area contributed by atoms with Crippen LogP contribution in [-0.4, -0.2) is 20.8 Å². The molecule has 0 aliphatic heterocycles. The molecule has 1 unspecified atom stereocenters. The largest absolute Gasteiger partial charge is 0.370 e. The minimum atomic E-state index is -1.02. The number of hydrogen-bond acceptors (Lipinski definition) is 1. The molecule has 0 N–H and O–H groups in total. The average molecular weight is 198 g/mol. The second-order valence-corrected chi connectivity index (χ2v) is 9.98. The van der Waals surface area contributed by atoms with Crippen LogP contribution in [0.25, 0.3) is 0 Å². The highest BCUT2D eigenvalue weighted by Crippen LogP contribution is 2.15. The first-order valence-electron chi connectivity index (χ1n) is 4.85. The molecule has 13 heavy (non-hydrogen) atoms. The van der Waals surface area contributed by atoms with E-state index in [9.17, 15) is 0 Å². The van der Waals surface area contributed by atoms with Gasteiger partial charge in [0.15, 0.2) is 0 Å². The summed E-state index contributed by atoms with van der Waals surface area (Å²) in [5.74, 6) is 0. The van der Waals surface area contributed by atoms with Crippen molar-refractivity contribution in [3.63, 3.8) is 0 Å². The molecule has 0 saturated carbocycles. The van der Waals surface area contributed by atoms with Crippen LogP contribution in [0.15, 0.2) is 24.8 Å². The van der Waals surface area contributed by atoms with E-state index in [4.69, 9.17) is 4.74 Å². The lowest BCUT2D eigenvalue weighted by atomic mass is 10.3. The molecule has 0 aliphatic rings. The van der Waals surface area contributed by atoms with Crippen molar-refractivity contribution in [1.29, 1.82) is 0 Å². The molecule has 0 amide bonds. The molecule has 0 aliphatic carbocycles. The molecular weight excluding hydrogens is 176 g/mol. The van der Waals surface area contributed by atoms with Crippen molar-refractivity contribution in [2.24, 2.45) is 0 Å². The monoisotopic (exact) mass is 198 g/mol. The van der Waals surface area contributed by atoms with E-state index in [1.807, 2.05) is 6.92 Å². The van der Waals surface area contributed by atoms with Crippen LogP contribution in [0.4, 0.5) is 0 Å². The van der Waals surface area contributed by atoms with Crippen molar-refractivity contribution in [3.8, 4) is 0 Å². The number of allylic oxidation sites excluding steroid dienone is 1. The van der Waals surface area contributed by atoms with Crippen LogP contribution in [0.2, 0.25) is 25.7 Å². The highest BCUT2D eigenvalue weighted by Gasteiger charge is 2.18. The first kappa shape index (κ1) is 12.7. The molecule has 0 aromatic rings. The molecule has 0 radical (unpaired) electrons. The Labute approximate surface area is 83.5 Å². The second-order valence-electron chi connectivity index (χ2n) is 4.45. The minimum Gasteiger partial charge on any atom is -0.370 e. The van der Waals surface area contributed by atoms with Gasteiger partial charge in [-0.3, -0.25) is 0 Å². The van der Waals surface area contributed by atoms with E-state index in [-0.39, 0.29) is 6.10 Å². The third-order valence-corrected chi connectivity index (χ3v) is 3.28. The summed E-state index contributed by atoms with van der Waals surface area (Å²) in [6.45, 7) is 13.4. The standard InChI is InChI=1S/C11H22OSi/c1-6-8-11(12-9-7-2)10-13(3,4)5/h6-8,11H,2,9-10H2,1,3-5H3/b8-6+. The number of hydrogen-bond donors (Lipinski definition) is 0. The Morgan fingerprint density at radius 3 is 2.38 bits per heavy atom. The fourth-order valence-corrected chi connectivity index (χ4v) is 2.65. The van der Waals surface area contributed by atoms with Gasteiger partial charge >= 0.3 is 0 Å². The van der Waals surface area contributed by atoms with Gasteiger partial charge in [0, 0.05) is 8.07 Å². The maximum Gasteiger partial charge on any atom is 0.0736 e. The normalized spacial score (nSPS) is 14.8. The Bertz CT molecular complexity index is 167. The van der Waals surface area contributed by atoms with Gasteiger partial charge in [0.1, 0.15) is 0 Å². The van der Waals surface area contributed by atoms with Crippen molar-refractivity contribution in [2.45, 2.75) is 38.7 Å². The van der Waals surface area contributed by atoms with Crippen molar-refractivity contribution in [2.75, 3.05) is 6.61 Å². The highest BCUT2D eigenvalue weighted by atomic mass is 28.3. The Morgan fingerprint density at radius 2 is 2.00 bits per heavy atom. The summed E-state index contributed by atoms with van der Waals surface area (Å²) in [4.78, 5) is 0. The lowest BCUT2D eigenvalue weighted by Crippen LogP contribution is -2.27. The molecule has 0 saturated heterocycles. The molecule has 0 fully saturated rings. The van der Waals surface area contributed by atoms with Crippen LogP contribution in [0, 0.1) is 0 Å². The maximum absolute atomic E-state index is 5.64. The van der Waals surface area contributed by atoms with Crippen LogP contribution in [0.1, 0.15) is 6.92 Å². The summed E-state index contributed by atoms with van der Waals surface area (Å²) in [5.41, 5.74) is 0. The maximum atomic E-state index is 5.64. The summed E-state index contributed by atoms with van der Waals surface area (Å²) in [7, 11) is -1.02. The number of ether oxygens (including phenoxy) is 1. The second kappa shape index (κ2) is 6.16. The smallest absolute Gasteiger partial charge is 0.0736 e. The van der Waals surface area contributed by atoms with Gasteiger partial charge in [-0.15, -0.1) is 6.58 Å². The van der Waals surface area contributed by atoms with Gasteiger partial charge in [0.05, 0.1) is 12.7 Å². The van der Waals surface area contributed by atoms with Crippen molar-refractivity contribution >= 4 is 8.07 Å². The van der Waals surface area contributed by atoms with Gasteiger partial charge < -0.3 is 4.74 Å². The summed E-state index contributed by atoms with van der Waals surface area (Å²) in [5, 5.41) is 0. The quantitative estimate of drug-likeness (QED) is 0.469. The Hall–Kier alpha value is -0.343. The van der Waals surface area contributed by atoms with E-state index < -0.39 is 8.07 Å². The lowest BCUT2D eigenvalue weighted by molar-refractivity contribution is 0.122. The van der Waals surface area contributed by atoms with Crippen LogP contribution >= 0.6 is 0 Å². The van der Waals surface area contributed by atoms with E-state index in [0.717, 1.165) is 0 Å². The number of rotatable bonds is 6. The Morgan fingerprint density at radius 1 is 1.38 bits per heavy atom. The summed E-state index contributed by atoms with van der Waals surface area (Å²) in [6, 6.07) is 1.19. The van der Waals surface area contributed by atoms with Gasteiger partial charge in [0.2, 0.25) is 0 Å². The fourth-order valence-electron chi connectivity index (χ4n) is 1.19. The zero-order valence-corrected chi connectivity index (χ0v) is 10.3. The first-order valence-corrected chi connectivity index (χ1v) is 8.55. The van der Waals surface area contributed by atoms with Gasteiger partial charge in [-0.25, -0.2) is 0 Å². The van der Waals surface area contributed by atoms with E-state index in [1.165, 1.54) is 6.04 Å². The van der Waals surface area contributed by atoms with E-state index in [0.29, 0.717) is 6.61 Å². The van der Waals surface area contributed by atoms with Gasteiger partial charge in [-0.05, 0) is 13.0 Å². The molecule has 0 heterocycles. The molecule has 2 heteroatoms. The summed E-state index contributed by atoms with van der Waals surface area (Å²) < 4.78 is 5.64. The molecule has 1 nitrogen and oxygen atoms in total. The van der Waals surface area contributed by atoms with Crippen LogP contribution in [-0.2, 0) is 4.74 Å². The topological polar surface area (TPSA) is 9.23 Å². The van der Waals surface area contributed by atoms with Crippen molar-refractivity contribution in [3.05, 3.63) is 24.8 Å². The Balaban J connectivity index is 4.01. The average Bonchev–Trinajstić information content (AvgIpc) is 1.98. The predicted octanol–water partition coefficient (Wildman–Crippen LogP) is 3.47. The van der Waals surface area contributed by atoms with Gasteiger partial charge in [-0.2, -0.15) is 0 Å². The third kappa shape index (κ3) is 8.00. The van der Waals surface area contributed by atoms with Crippen LogP contribution in [0.3, 0.4) is 0 Å². The van der Waals surface area contributed by atoms with E-state index in [1.54, 1.807) is 6.08 Å². The summed E-state index contributed by atoms with van der Waals surface area (Å²) >= 11 is 0. The molecule has 0 aromatic carbocycles. The third-order valence-electron chi connectivity index (χ3n) is 1.65. The molecular formula is C11H22OSi. The van der Waals surface area contributed by atoms with Crippen molar-refractivity contribution < 1.29 is 4.74 Å². The van der Waals surface area contributed by atoms with Crippen LogP contribution < -0.4 is 0 Å². The molecule has 0 aromatic heterocycles. The minimum absolute atomic E-state index is 0.287. The SMILES string of the molecule is C=CCOC(/C=C/C)C[Si](C)(C)C. The molecule has 0 bridgehead atoms. The zero-order valence-electron chi connectivity index (χ0n) is 9.34. The van der Waals surface area contributed by atoms with Crippen LogP contribution in [0.5, 0.6) is 0 Å². The first-order chi connectivity index (χ1) is 5.99. The highest BCUT2D eigenvalue weighted by molar-refractivity contribution is 6.76. The lowest BCUT2D eigenvalue weighted by Gasteiger charge is -2.21. The molecule has 1 atom stereocenters. The fraction of sp³-hybridized carbons (Fsp3) is 0.636. The van der Waals surface area contributed by atoms with Gasteiger partial charge in [0.25, 0.3) is 0 Å². The van der Waals surface area contributed by atoms with Gasteiger partial charge in [-0.1, -0.05) is 37.9 Å². The predicted molar refractivity (Wildman–Crippen MR) is 62.9 cm³/mol. The zero-order chi connectivity index (χ0) is 10.3. The Kier molecular flexibility index (Phi) is 6.00. The molecule has 0 spiro atoms. The van der Waals surface area contributed by atoms with E-state index >= 15 is 0 Å². The van der Waals surface area contributed by atoms with Crippen molar-refractivity contribution in [1.82, 2.24) is 0 Å². The molecule has 0 rings (SSSR count). The van der Waals surface area contributed by atoms with E-state index in [2.05, 4.69) is 38.4 Å². The molecule has 76 valence electrons. The summed E-state index contributed by atoms with van der Waals surface area (Å²) in [6.07, 6.45) is 6.30.